The highest BCUT2D eigenvalue weighted by Gasteiger charge is 2.08. The molecule has 0 aliphatic heterocycles. The molecule has 1 aromatic heterocycles. The van der Waals surface area contributed by atoms with Gasteiger partial charge in [-0.2, -0.15) is 0 Å². The van der Waals surface area contributed by atoms with Crippen LogP contribution < -0.4 is 5.32 Å². The van der Waals surface area contributed by atoms with E-state index in [0.717, 1.165) is 27.8 Å². The number of aryl methyl sites for hydroxylation is 1. The van der Waals surface area contributed by atoms with Crippen molar-refractivity contribution < 1.29 is 13.6 Å². The molecule has 30 heavy (non-hydrogen) atoms. The lowest BCUT2D eigenvalue weighted by atomic mass is 9.98. The van der Waals surface area contributed by atoms with E-state index < -0.39 is 0 Å². The molecule has 0 saturated heterocycles. The number of nitrogens with zero attached hydrogens (tertiary/aromatic N) is 1. The number of anilines is 1. The molecule has 0 unspecified atom stereocenters. The second-order valence-electron chi connectivity index (χ2n) is 6.82. The van der Waals surface area contributed by atoms with Crippen molar-refractivity contribution in [1.29, 1.82) is 0 Å². The second-order valence-corrected chi connectivity index (χ2v) is 6.82. The van der Waals surface area contributed by atoms with Gasteiger partial charge in [0.25, 0.3) is 0 Å². The number of carbonyl (C=O) groups excluding carboxylic acids is 1. The fourth-order valence-electron chi connectivity index (χ4n) is 3.09. The second kappa shape index (κ2) is 8.57. The third-order valence-electron chi connectivity index (χ3n) is 4.68. The van der Waals surface area contributed by atoms with E-state index in [2.05, 4.69) is 10.3 Å². The number of carbonyl (C=O) groups is 1. The van der Waals surface area contributed by atoms with E-state index in [4.69, 9.17) is 4.42 Å². The molecule has 4 aromatic rings. The Labute approximate surface area is 173 Å². The Kier molecular flexibility index (Phi) is 5.52. The number of nitrogens with one attached hydrogen (secondary N) is 1. The molecule has 0 aliphatic carbocycles. The van der Waals surface area contributed by atoms with E-state index in [0.29, 0.717) is 11.6 Å². The molecule has 0 fully saturated rings. The number of benzene rings is 3. The molecule has 0 bridgehead atoms. The SMILES string of the molecule is Cc1ccc(-c2ncco2)cc1-c1ccc(NC(=O)/C=C/c2ccc(F)cc2)cc1. The van der Waals surface area contributed by atoms with Gasteiger partial charge < -0.3 is 9.73 Å². The largest absolute Gasteiger partial charge is 0.445 e. The van der Waals surface area contributed by atoms with E-state index in [1.54, 1.807) is 30.7 Å². The van der Waals surface area contributed by atoms with Crippen molar-refractivity contribution in [3.63, 3.8) is 0 Å². The van der Waals surface area contributed by atoms with Gasteiger partial charge in [-0.25, -0.2) is 9.37 Å². The van der Waals surface area contributed by atoms with Crippen LogP contribution >= 0.6 is 0 Å². The molecule has 4 nitrogen and oxygen atoms in total. The van der Waals surface area contributed by atoms with Crippen molar-refractivity contribution in [1.82, 2.24) is 4.98 Å². The Morgan fingerprint density at radius 1 is 1.00 bits per heavy atom. The van der Waals surface area contributed by atoms with Crippen LogP contribution in [0.15, 0.2) is 89.7 Å². The fraction of sp³-hybridized carbons (Fsp3) is 0.0400. The van der Waals surface area contributed by atoms with Gasteiger partial charge in [-0.05, 0) is 71.7 Å². The zero-order valence-electron chi connectivity index (χ0n) is 16.3. The zero-order chi connectivity index (χ0) is 20.9. The Morgan fingerprint density at radius 3 is 2.43 bits per heavy atom. The minimum Gasteiger partial charge on any atom is -0.445 e. The van der Waals surface area contributed by atoms with Gasteiger partial charge in [0.15, 0.2) is 0 Å². The molecule has 1 amide bonds. The summed E-state index contributed by atoms with van der Waals surface area (Å²) in [6.07, 6.45) is 6.24. The van der Waals surface area contributed by atoms with E-state index >= 15 is 0 Å². The summed E-state index contributed by atoms with van der Waals surface area (Å²) in [6, 6.07) is 19.6. The molecule has 0 atom stereocenters. The average molecular weight is 398 g/mol. The molecular formula is C25H19FN2O2. The third-order valence-corrected chi connectivity index (χ3v) is 4.68. The first kappa shape index (κ1) is 19.3. The summed E-state index contributed by atoms with van der Waals surface area (Å²) in [6.45, 7) is 2.05. The summed E-state index contributed by atoms with van der Waals surface area (Å²) in [5, 5.41) is 2.83. The fourth-order valence-corrected chi connectivity index (χ4v) is 3.09. The van der Waals surface area contributed by atoms with Crippen molar-refractivity contribution in [2.75, 3.05) is 5.32 Å². The standard InChI is InChI=1S/C25H19FN2O2/c1-17-2-6-20(25-27-14-15-30-25)16-23(17)19-7-11-22(12-8-19)28-24(29)13-5-18-3-9-21(26)10-4-18/h2-16H,1H3,(H,28,29)/b13-5+. The normalized spacial score (nSPS) is 11.0. The molecule has 0 aliphatic rings. The van der Waals surface area contributed by atoms with Crippen LogP contribution in [0.1, 0.15) is 11.1 Å². The number of halogens is 1. The summed E-state index contributed by atoms with van der Waals surface area (Å²) < 4.78 is 18.3. The van der Waals surface area contributed by atoms with Gasteiger partial charge in [0.1, 0.15) is 12.1 Å². The topological polar surface area (TPSA) is 55.1 Å². The van der Waals surface area contributed by atoms with Gasteiger partial charge in [-0.15, -0.1) is 0 Å². The minimum atomic E-state index is -0.308. The number of hydrogen-bond donors (Lipinski definition) is 1. The van der Waals surface area contributed by atoms with Crippen LogP contribution in [0.4, 0.5) is 10.1 Å². The molecule has 5 heteroatoms. The van der Waals surface area contributed by atoms with Crippen LogP contribution in [0.2, 0.25) is 0 Å². The van der Waals surface area contributed by atoms with Crippen molar-refractivity contribution in [3.8, 4) is 22.6 Å². The summed E-state index contributed by atoms with van der Waals surface area (Å²) in [4.78, 5) is 16.4. The first-order chi connectivity index (χ1) is 14.6. The summed E-state index contributed by atoms with van der Waals surface area (Å²) in [7, 11) is 0. The van der Waals surface area contributed by atoms with Gasteiger partial charge in [0, 0.05) is 17.3 Å². The van der Waals surface area contributed by atoms with Gasteiger partial charge in [0.05, 0.1) is 6.20 Å². The van der Waals surface area contributed by atoms with Crippen molar-refractivity contribution >= 4 is 17.7 Å². The lowest BCUT2D eigenvalue weighted by Crippen LogP contribution is -2.07. The Balaban J connectivity index is 1.47. The zero-order valence-corrected chi connectivity index (χ0v) is 16.3. The first-order valence-corrected chi connectivity index (χ1v) is 9.44. The Hall–Kier alpha value is -3.99. The van der Waals surface area contributed by atoms with Gasteiger partial charge in [-0.3, -0.25) is 4.79 Å². The summed E-state index contributed by atoms with van der Waals surface area (Å²) >= 11 is 0. The smallest absolute Gasteiger partial charge is 0.248 e. The molecule has 0 radical (unpaired) electrons. The molecule has 0 saturated carbocycles. The van der Waals surface area contributed by atoms with E-state index in [1.165, 1.54) is 18.2 Å². The molecular weight excluding hydrogens is 379 g/mol. The predicted octanol–water partition coefficient (Wildman–Crippen LogP) is 6.11. The lowest BCUT2D eigenvalue weighted by Gasteiger charge is -2.09. The van der Waals surface area contributed by atoms with E-state index in [-0.39, 0.29) is 11.7 Å². The van der Waals surface area contributed by atoms with Gasteiger partial charge >= 0.3 is 0 Å². The quantitative estimate of drug-likeness (QED) is 0.413. The highest BCUT2D eigenvalue weighted by atomic mass is 19.1. The number of amides is 1. The first-order valence-electron chi connectivity index (χ1n) is 9.44. The van der Waals surface area contributed by atoms with E-state index in [9.17, 15) is 9.18 Å². The maximum atomic E-state index is 12.9. The molecule has 1 N–H and O–H groups in total. The Morgan fingerprint density at radius 2 is 1.73 bits per heavy atom. The van der Waals surface area contributed by atoms with E-state index in [1.807, 2.05) is 49.4 Å². The van der Waals surface area contributed by atoms with Gasteiger partial charge in [0.2, 0.25) is 11.8 Å². The van der Waals surface area contributed by atoms with Crippen LogP contribution in [0.25, 0.3) is 28.7 Å². The minimum absolute atomic E-state index is 0.255. The van der Waals surface area contributed by atoms with Crippen molar-refractivity contribution in [2.24, 2.45) is 0 Å². The van der Waals surface area contributed by atoms with Crippen molar-refractivity contribution in [2.45, 2.75) is 6.92 Å². The van der Waals surface area contributed by atoms with Gasteiger partial charge in [-0.1, -0.05) is 30.3 Å². The molecule has 0 spiro atoms. The summed E-state index contributed by atoms with van der Waals surface area (Å²) in [5.41, 5.74) is 5.58. The van der Waals surface area contributed by atoms with Crippen LogP contribution in [0.5, 0.6) is 0 Å². The number of oxazole rings is 1. The van der Waals surface area contributed by atoms with Crippen molar-refractivity contribution in [3.05, 3.63) is 102 Å². The maximum absolute atomic E-state index is 12.9. The molecule has 1 heterocycles. The highest BCUT2D eigenvalue weighted by Crippen LogP contribution is 2.29. The van der Waals surface area contributed by atoms with Crippen LogP contribution in [0, 0.1) is 12.7 Å². The molecule has 148 valence electrons. The lowest BCUT2D eigenvalue weighted by molar-refractivity contribution is -0.111. The average Bonchev–Trinajstić information content (AvgIpc) is 3.29. The third kappa shape index (κ3) is 4.52. The maximum Gasteiger partial charge on any atom is 0.248 e. The van der Waals surface area contributed by atoms with Crippen LogP contribution in [0.3, 0.4) is 0 Å². The summed E-state index contributed by atoms with van der Waals surface area (Å²) in [5.74, 6) is 0.0140. The number of hydrogen-bond acceptors (Lipinski definition) is 3. The van der Waals surface area contributed by atoms with Crippen LogP contribution in [-0.4, -0.2) is 10.9 Å². The monoisotopic (exact) mass is 398 g/mol. The molecule has 4 rings (SSSR count). The van der Waals surface area contributed by atoms with Crippen LogP contribution in [-0.2, 0) is 4.79 Å². The number of aromatic nitrogens is 1. The Bertz CT molecular complexity index is 1180. The predicted molar refractivity (Wildman–Crippen MR) is 116 cm³/mol. The number of rotatable bonds is 5. The highest BCUT2D eigenvalue weighted by molar-refractivity contribution is 6.02. The molecule has 3 aromatic carbocycles.